The monoisotopic (exact) mass is 441 g/mol. The molecule has 0 bridgehead atoms. The van der Waals surface area contributed by atoms with Crippen LogP contribution in [0.4, 0.5) is 5.69 Å². The predicted molar refractivity (Wildman–Crippen MR) is 128 cm³/mol. The lowest BCUT2D eigenvalue weighted by Crippen LogP contribution is -2.37. The molecule has 1 saturated heterocycles. The van der Waals surface area contributed by atoms with Gasteiger partial charge in [0.1, 0.15) is 0 Å². The molecule has 1 aliphatic rings. The molecular formula is C27H27N3O3. The van der Waals surface area contributed by atoms with E-state index in [1.165, 1.54) is 0 Å². The van der Waals surface area contributed by atoms with Crippen molar-refractivity contribution in [1.29, 1.82) is 0 Å². The van der Waals surface area contributed by atoms with Gasteiger partial charge in [-0.05, 0) is 61.9 Å². The molecule has 3 amide bonds. The first-order valence-corrected chi connectivity index (χ1v) is 11.1. The molecule has 0 aromatic heterocycles. The van der Waals surface area contributed by atoms with Crippen molar-refractivity contribution in [1.82, 2.24) is 9.80 Å². The zero-order valence-electron chi connectivity index (χ0n) is 18.7. The minimum atomic E-state index is -0.194. The van der Waals surface area contributed by atoms with E-state index >= 15 is 0 Å². The van der Waals surface area contributed by atoms with E-state index in [2.05, 4.69) is 5.32 Å². The van der Waals surface area contributed by atoms with Crippen LogP contribution in [0.1, 0.15) is 43.1 Å². The number of hydrogen-bond acceptors (Lipinski definition) is 3. The average Bonchev–Trinajstić information content (AvgIpc) is 3.10. The highest BCUT2D eigenvalue weighted by molar-refractivity contribution is 6.04. The first-order chi connectivity index (χ1) is 16.0. The Morgan fingerprint density at radius 1 is 0.667 bits per heavy atom. The molecular weight excluding hydrogens is 414 g/mol. The van der Waals surface area contributed by atoms with Crippen molar-refractivity contribution in [2.45, 2.75) is 13.3 Å². The molecule has 0 aliphatic carbocycles. The van der Waals surface area contributed by atoms with Crippen LogP contribution in [0.15, 0.2) is 78.9 Å². The summed E-state index contributed by atoms with van der Waals surface area (Å²) in [6.07, 6.45) is 0.731. The Labute approximate surface area is 193 Å². The highest BCUT2D eigenvalue weighted by atomic mass is 16.2. The summed E-state index contributed by atoms with van der Waals surface area (Å²) in [6.45, 7) is 4.19. The van der Waals surface area contributed by atoms with E-state index in [1.807, 2.05) is 54.3 Å². The number of hydrogen-bond donors (Lipinski definition) is 1. The minimum Gasteiger partial charge on any atom is -0.337 e. The van der Waals surface area contributed by atoms with Gasteiger partial charge in [0.25, 0.3) is 17.7 Å². The molecule has 0 spiro atoms. The van der Waals surface area contributed by atoms with Crippen molar-refractivity contribution in [2.75, 3.05) is 31.5 Å². The van der Waals surface area contributed by atoms with Crippen LogP contribution in [0.5, 0.6) is 0 Å². The molecule has 0 radical (unpaired) electrons. The number of aryl methyl sites for hydroxylation is 1. The molecule has 1 N–H and O–H groups in total. The molecule has 1 fully saturated rings. The molecule has 1 aliphatic heterocycles. The van der Waals surface area contributed by atoms with Crippen LogP contribution in [0.3, 0.4) is 0 Å². The molecule has 3 aromatic rings. The molecule has 0 unspecified atom stereocenters. The second kappa shape index (κ2) is 10.1. The fraction of sp³-hybridized carbons (Fsp3) is 0.222. The summed E-state index contributed by atoms with van der Waals surface area (Å²) in [5.74, 6) is -0.257. The fourth-order valence-electron chi connectivity index (χ4n) is 3.96. The lowest BCUT2D eigenvalue weighted by Gasteiger charge is -2.22. The maximum absolute atomic E-state index is 13.0. The van der Waals surface area contributed by atoms with Gasteiger partial charge in [-0.3, -0.25) is 14.4 Å². The number of carbonyl (C=O) groups is 3. The first-order valence-electron chi connectivity index (χ1n) is 11.1. The van der Waals surface area contributed by atoms with Crippen LogP contribution in [-0.4, -0.2) is 53.7 Å². The largest absolute Gasteiger partial charge is 0.337 e. The van der Waals surface area contributed by atoms with Crippen LogP contribution in [-0.2, 0) is 0 Å². The zero-order chi connectivity index (χ0) is 23.2. The fourth-order valence-corrected chi connectivity index (χ4v) is 3.96. The van der Waals surface area contributed by atoms with E-state index in [1.54, 1.807) is 41.3 Å². The summed E-state index contributed by atoms with van der Waals surface area (Å²) < 4.78 is 0. The number of amides is 3. The number of carbonyl (C=O) groups excluding carboxylic acids is 3. The quantitative estimate of drug-likeness (QED) is 0.659. The average molecular weight is 442 g/mol. The lowest BCUT2D eigenvalue weighted by molar-refractivity contribution is 0.0718. The summed E-state index contributed by atoms with van der Waals surface area (Å²) in [6, 6.07) is 23.5. The third kappa shape index (κ3) is 5.47. The summed E-state index contributed by atoms with van der Waals surface area (Å²) in [5, 5.41) is 2.84. The van der Waals surface area contributed by atoms with Gasteiger partial charge in [0.2, 0.25) is 0 Å². The van der Waals surface area contributed by atoms with E-state index in [0.717, 1.165) is 12.0 Å². The highest BCUT2D eigenvalue weighted by Crippen LogP contribution is 2.16. The number of anilines is 1. The predicted octanol–water partition coefficient (Wildman–Crippen LogP) is 4.24. The molecule has 1 heterocycles. The van der Waals surface area contributed by atoms with Gasteiger partial charge in [0.15, 0.2) is 0 Å². The van der Waals surface area contributed by atoms with Crippen molar-refractivity contribution in [3.63, 3.8) is 0 Å². The van der Waals surface area contributed by atoms with Crippen molar-refractivity contribution < 1.29 is 14.4 Å². The summed E-state index contributed by atoms with van der Waals surface area (Å²) in [5.41, 5.74) is 3.50. The minimum absolute atomic E-state index is 0.00603. The van der Waals surface area contributed by atoms with Gasteiger partial charge < -0.3 is 15.1 Å². The van der Waals surface area contributed by atoms with Gasteiger partial charge >= 0.3 is 0 Å². The van der Waals surface area contributed by atoms with Crippen LogP contribution < -0.4 is 5.32 Å². The van der Waals surface area contributed by atoms with Crippen molar-refractivity contribution in [2.24, 2.45) is 0 Å². The van der Waals surface area contributed by atoms with Gasteiger partial charge in [0, 0.05) is 48.6 Å². The molecule has 0 saturated carbocycles. The summed E-state index contributed by atoms with van der Waals surface area (Å²) in [4.78, 5) is 41.8. The molecule has 6 heteroatoms. The molecule has 3 aromatic carbocycles. The number of rotatable bonds is 4. The van der Waals surface area contributed by atoms with Crippen molar-refractivity contribution in [3.05, 3.63) is 101 Å². The number of benzene rings is 3. The second-order valence-corrected chi connectivity index (χ2v) is 8.20. The van der Waals surface area contributed by atoms with Crippen LogP contribution in [0, 0.1) is 6.92 Å². The maximum atomic E-state index is 13.0. The van der Waals surface area contributed by atoms with Crippen molar-refractivity contribution >= 4 is 23.4 Å². The molecule has 6 nitrogen and oxygen atoms in total. The second-order valence-electron chi connectivity index (χ2n) is 8.20. The third-order valence-corrected chi connectivity index (χ3v) is 5.76. The van der Waals surface area contributed by atoms with Gasteiger partial charge in [-0.1, -0.05) is 35.9 Å². The van der Waals surface area contributed by atoms with E-state index in [0.29, 0.717) is 48.6 Å². The smallest absolute Gasteiger partial charge is 0.255 e. The van der Waals surface area contributed by atoms with E-state index in [-0.39, 0.29) is 17.7 Å². The van der Waals surface area contributed by atoms with E-state index in [9.17, 15) is 14.4 Å². The zero-order valence-corrected chi connectivity index (χ0v) is 18.7. The Kier molecular flexibility index (Phi) is 6.83. The Hall–Kier alpha value is -3.93. The summed E-state index contributed by atoms with van der Waals surface area (Å²) >= 11 is 0. The van der Waals surface area contributed by atoms with E-state index < -0.39 is 0 Å². The molecule has 168 valence electrons. The molecule has 33 heavy (non-hydrogen) atoms. The van der Waals surface area contributed by atoms with Gasteiger partial charge in [-0.15, -0.1) is 0 Å². The van der Waals surface area contributed by atoms with Crippen LogP contribution in [0.2, 0.25) is 0 Å². The Morgan fingerprint density at radius 3 is 1.91 bits per heavy atom. The maximum Gasteiger partial charge on any atom is 0.255 e. The van der Waals surface area contributed by atoms with E-state index in [4.69, 9.17) is 0 Å². The van der Waals surface area contributed by atoms with Gasteiger partial charge in [0.05, 0.1) is 0 Å². The summed E-state index contributed by atoms with van der Waals surface area (Å²) in [7, 11) is 0. The Morgan fingerprint density at radius 2 is 1.27 bits per heavy atom. The molecule has 4 rings (SSSR count). The topological polar surface area (TPSA) is 69.7 Å². The molecule has 0 atom stereocenters. The lowest BCUT2D eigenvalue weighted by atomic mass is 10.1. The van der Waals surface area contributed by atoms with Gasteiger partial charge in [-0.2, -0.15) is 0 Å². The first kappa shape index (κ1) is 22.3. The normalized spacial score (nSPS) is 13.8. The van der Waals surface area contributed by atoms with Crippen molar-refractivity contribution in [3.8, 4) is 0 Å². The van der Waals surface area contributed by atoms with Gasteiger partial charge in [-0.25, -0.2) is 0 Å². The SMILES string of the molecule is Cc1cccc(C(=O)N2CCCN(C(=O)c3ccc(NC(=O)c4ccccc4)cc3)CC2)c1. The Balaban J connectivity index is 1.36. The standard InChI is InChI=1S/C27H27N3O3/c1-20-7-5-10-23(19-20)27(33)30-16-6-15-29(17-18-30)26(32)22-11-13-24(14-12-22)28-25(31)21-8-3-2-4-9-21/h2-5,7-14,19H,6,15-18H2,1H3,(H,28,31). The third-order valence-electron chi connectivity index (χ3n) is 5.76. The number of nitrogens with zero attached hydrogens (tertiary/aromatic N) is 2. The highest BCUT2D eigenvalue weighted by Gasteiger charge is 2.23. The Bertz CT molecular complexity index is 1140. The van der Waals surface area contributed by atoms with Crippen LogP contribution >= 0.6 is 0 Å². The van der Waals surface area contributed by atoms with Crippen LogP contribution in [0.25, 0.3) is 0 Å². The number of nitrogens with one attached hydrogen (secondary N) is 1.